The molecule has 3 aromatic rings. The lowest BCUT2D eigenvalue weighted by Crippen LogP contribution is -2.29. The SMILES string of the molecule is CCNC(=O)c1cc2c(n3c1nc1ccc(OC)cc13)C=CC=CC=C2N1CCCN(C)CC1. The zero-order chi connectivity index (χ0) is 23.7. The molecule has 3 heterocycles. The molecule has 5 rings (SSSR count). The lowest BCUT2D eigenvalue weighted by molar-refractivity contribution is 0.0957. The maximum Gasteiger partial charge on any atom is 0.255 e. The molecule has 1 fully saturated rings. The smallest absolute Gasteiger partial charge is 0.255 e. The number of amides is 1. The van der Waals surface area contributed by atoms with Crippen molar-refractivity contribution >= 4 is 34.4 Å². The van der Waals surface area contributed by atoms with Crippen LogP contribution < -0.4 is 10.1 Å². The molecule has 0 bridgehead atoms. The van der Waals surface area contributed by atoms with Crippen molar-refractivity contribution < 1.29 is 9.53 Å². The molecule has 0 spiro atoms. The van der Waals surface area contributed by atoms with E-state index in [1.165, 1.54) is 0 Å². The first-order valence-corrected chi connectivity index (χ1v) is 11.9. The van der Waals surface area contributed by atoms with Gasteiger partial charge in [0.05, 0.1) is 29.4 Å². The van der Waals surface area contributed by atoms with E-state index < -0.39 is 0 Å². The average molecular weight is 458 g/mol. The monoisotopic (exact) mass is 457 g/mol. The molecule has 1 aromatic carbocycles. The Bertz CT molecular complexity index is 1330. The number of benzene rings is 1. The van der Waals surface area contributed by atoms with E-state index in [1.807, 2.05) is 37.3 Å². The average Bonchev–Trinajstić information content (AvgIpc) is 3.07. The van der Waals surface area contributed by atoms with Gasteiger partial charge in [0, 0.05) is 43.5 Å². The van der Waals surface area contributed by atoms with Crippen LogP contribution in [0, 0.1) is 0 Å². The van der Waals surface area contributed by atoms with Gasteiger partial charge in [-0.2, -0.15) is 0 Å². The number of allylic oxidation sites excluding steroid dienone is 4. The lowest BCUT2D eigenvalue weighted by atomic mass is 10.0. The number of aromatic nitrogens is 2. The minimum atomic E-state index is -0.117. The van der Waals surface area contributed by atoms with Gasteiger partial charge in [0.25, 0.3) is 5.91 Å². The lowest BCUT2D eigenvalue weighted by Gasteiger charge is -2.28. The largest absolute Gasteiger partial charge is 0.497 e. The van der Waals surface area contributed by atoms with Crippen LogP contribution in [0.1, 0.15) is 35.0 Å². The van der Waals surface area contributed by atoms with Gasteiger partial charge in [0.1, 0.15) is 5.75 Å². The first-order valence-electron chi connectivity index (χ1n) is 11.9. The third-order valence-corrected chi connectivity index (χ3v) is 6.56. The molecular weight excluding hydrogens is 426 g/mol. The molecule has 0 unspecified atom stereocenters. The fraction of sp³-hybridized carbons (Fsp3) is 0.333. The number of nitrogens with one attached hydrogen (secondary N) is 1. The quantitative estimate of drug-likeness (QED) is 0.646. The number of pyridine rings is 1. The van der Waals surface area contributed by atoms with Crippen LogP contribution in [0.2, 0.25) is 0 Å². The maximum absolute atomic E-state index is 13.2. The Morgan fingerprint density at radius 3 is 2.82 bits per heavy atom. The van der Waals surface area contributed by atoms with E-state index in [-0.39, 0.29) is 5.91 Å². The number of rotatable bonds is 4. The van der Waals surface area contributed by atoms with E-state index >= 15 is 0 Å². The minimum absolute atomic E-state index is 0.117. The van der Waals surface area contributed by atoms with Gasteiger partial charge < -0.3 is 19.9 Å². The first-order chi connectivity index (χ1) is 16.6. The van der Waals surface area contributed by atoms with E-state index in [2.05, 4.69) is 50.9 Å². The normalized spacial score (nSPS) is 16.7. The van der Waals surface area contributed by atoms with Crippen molar-refractivity contribution in [3.8, 4) is 5.75 Å². The van der Waals surface area contributed by atoms with Gasteiger partial charge in [0.15, 0.2) is 5.65 Å². The molecule has 1 N–H and O–H groups in total. The molecular formula is C27H31N5O2. The van der Waals surface area contributed by atoms with Gasteiger partial charge in [-0.05, 0) is 57.3 Å². The van der Waals surface area contributed by atoms with Crippen LogP contribution in [0.3, 0.4) is 0 Å². The fourth-order valence-corrected chi connectivity index (χ4v) is 4.81. The van der Waals surface area contributed by atoms with Crippen LogP contribution in [0.4, 0.5) is 0 Å². The Morgan fingerprint density at radius 2 is 2.00 bits per heavy atom. The summed E-state index contributed by atoms with van der Waals surface area (Å²) in [5.74, 6) is 0.640. The van der Waals surface area contributed by atoms with Crippen molar-refractivity contribution in [3.63, 3.8) is 0 Å². The molecule has 176 valence electrons. The number of ether oxygens (including phenoxy) is 1. The van der Waals surface area contributed by atoms with Crippen molar-refractivity contribution in [2.75, 3.05) is 46.9 Å². The number of likely N-dealkylation sites (N-methyl/N-ethyl adjacent to an activating group) is 1. The van der Waals surface area contributed by atoms with Gasteiger partial charge >= 0.3 is 0 Å². The Morgan fingerprint density at radius 1 is 1.12 bits per heavy atom. The second-order valence-electron chi connectivity index (χ2n) is 8.78. The van der Waals surface area contributed by atoms with Gasteiger partial charge in [-0.15, -0.1) is 0 Å². The number of hydrogen-bond acceptors (Lipinski definition) is 5. The van der Waals surface area contributed by atoms with E-state index in [1.54, 1.807) is 7.11 Å². The fourth-order valence-electron chi connectivity index (χ4n) is 4.81. The molecule has 2 aromatic heterocycles. The second-order valence-corrected chi connectivity index (χ2v) is 8.78. The summed E-state index contributed by atoms with van der Waals surface area (Å²) in [6, 6.07) is 7.86. The number of carbonyl (C=O) groups excluding carboxylic acids is 1. The van der Waals surface area contributed by atoms with E-state index in [0.29, 0.717) is 17.8 Å². The third-order valence-electron chi connectivity index (χ3n) is 6.56. The van der Waals surface area contributed by atoms with Crippen LogP contribution in [0.25, 0.3) is 28.5 Å². The molecule has 2 aliphatic rings. The standard InChI is InChI=1S/C27H31N5O2/c1-4-28-27(33)21-18-20-23(31-14-8-13-30(2)15-16-31)9-6-5-7-10-24(20)32-25-17-19(34-3)11-12-22(25)29-26(21)32/h5-7,9-12,17-18H,4,8,13-16H2,1-3H3,(H,28,33). The number of imidazole rings is 1. The number of hydrogen-bond donors (Lipinski definition) is 1. The van der Waals surface area contributed by atoms with Crippen LogP contribution in [-0.4, -0.2) is 72.0 Å². The van der Waals surface area contributed by atoms with Crippen molar-refractivity contribution in [1.82, 2.24) is 24.5 Å². The maximum atomic E-state index is 13.2. The number of nitrogens with zero attached hydrogens (tertiary/aromatic N) is 4. The van der Waals surface area contributed by atoms with Crippen LogP contribution >= 0.6 is 0 Å². The summed E-state index contributed by atoms with van der Waals surface area (Å²) in [6.45, 7) is 6.49. The van der Waals surface area contributed by atoms with Crippen molar-refractivity contribution in [3.05, 3.63) is 65.4 Å². The Balaban J connectivity index is 1.81. The molecule has 0 saturated carbocycles. The summed E-state index contributed by atoms with van der Waals surface area (Å²) >= 11 is 0. The van der Waals surface area contributed by atoms with Crippen LogP contribution in [-0.2, 0) is 0 Å². The molecule has 1 aliphatic carbocycles. The predicted octanol–water partition coefficient (Wildman–Crippen LogP) is 3.81. The predicted molar refractivity (Wildman–Crippen MR) is 137 cm³/mol. The number of carbonyl (C=O) groups is 1. The molecule has 7 nitrogen and oxygen atoms in total. The number of fused-ring (bicyclic) bond motifs is 5. The zero-order valence-corrected chi connectivity index (χ0v) is 20.0. The molecule has 0 atom stereocenters. The number of methoxy groups -OCH3 is 1. The Hall–Kier alpha value is -3.58. The summed E-state index contributed by atoms with van der Waals surface area (Å²) < 4.78 is 7.61. The van der Waals surface area contributed by atoms with Gasteiger partial charge in [-0.25, -0.2) is 4.98 Å². The van der Waals surface area contributed by atoms with E-state index in [4.69, 9.17) is 9.72 Å². The van der Waals surface area contributed by atoms with Crippen molar-refractivity contribution in [2.45, 2.75) is 13.3 Å². The minimum Gasteiger partial charge on any atom is -0.497 e. The van der Waals surface area contributed by atoms with Crippen LogP contribution in [0.15, 0.2) is 48.6 Å². The Kier molecular flexibility index (Phi) is 6.11. The highest BCUT2D eigenvalue weighted by Crippen LogP contribution is 2.33. The highest BCUT2D eigenvalue weighted by atomic mass is 16.5. The second kappa shape index (κ2) is 9.35. The van der Waals surface area contributed by atoms with E-state index in [9.17, 15) is 4.79 Å². The van der Waals surface area contributed by atoms with E-state index in [0.717, 1.165) is 66.3 Å². The van der Waals surface area contributed by atoms with Gasteiger partial charge in [0.2, 0.25) is 0 Å². The molecule has 1 amide bonds. The summed E-state index contributed by atoms with van der Waals surface area (Å²) in [5.41, 5.74) is 6.13. The first kappa shape index (κ1) is 22.2. The topological polar surface area (TPSA) is 62.1 Å². The highest BCUT2D eigenvalue weighted by molar-refractivity contribution is 6.03. The van der Waals surface area contributed by atoms with Crippen molar-refractivity contribution in [1.29, 1.82) is 0 Å². The zero-order valence-electron chi connectivity index (χ0n) is 20.0. The highest BCUT2D eigenvalue weighted by Gasteiger charge is 2.24. The molecule has 1 saturated heterocycles. The van der Waals surface area contributed by atoms with Crippen molar-refractivity contribution in [2.24, 2.45) is 0 Å². The summed E-state index contributed by atoms with van der Waals surface area (Å²) in [7, 11) is 3.84. The van der Waals surface area contributed by atoms with Gasteiger partial charge in [-0.3, -0.25) is 9.20 Å². The van der Waals surface area contributed by atoms with Crippen LogP contribution in [0.5, 0.6) is 5.75 Å². The summed E-state index contributed by atoms with van der Waals surface area (Å²) in [4.78, 5) is 22.9. The third kappa shape index (κ3) is 3.96. The molecule has 34 heavy (non-hydrogen) atoms. The Labute approximate surface area is 200 Å². The summed E-state index contributed by atoms with van der Waals surface area (Å²) in [5, 5.41) is 2.98. The van der Waals surface area contributed by atoms with Gasteiger partial charge in [-0.1, -0.05) is 18.2 Å². The summed E-state index contributed by atoms with van der Waals surface area (Å²) in [6.07, 6.45) is 11.5. The molecule has 0 radical (unpaired) electrons. The molecule has 7 heteroatoms. The molecule has 1 aliphatic heterocycles.